The molecular formula is C20H23N5O2. The molecule has 2 aromatic heterocycles. The summed E-state index contributed by atoms with van der Waals surface area (Å²) in [7, 11) is 1.73. The van der Waals surface area contributed by atoms with Crippen molar-refractivity contribution in [1.29, 1.82) is 0 Å². The van der Waals surface area contributed by atoms with Gasteiger partial charge in [-0.2, -0.15) is 0 Å². The van der Waals surface area contributed by atoms with Crippen LogP contribution in [0.2, 0.25) is 0 Å². The van der Waals surface area contributed by atoms with Crippen LogP contribution < -0.4 is 10.5 Å². The molecule has 0 bridgehead atoms. The summed E-state index contributed by atoms with van der Waals surface area (Å²) in [6.45, 7) is 6.71. The lowest BCUT2D eigenvalue weighted by Crippen LogP contribution is -2.49. The van der Waals surface area contributed by atoms with E-state index in [1.54, 1.807) is 17.8 Å². The molecule has 0 saturated carbocycles. The maximum Gasteiger partial charge on any atom is 0.274 e. The Labute approximate surface area is 157 Å². The molecule has 1 N–H and O–H groups in total. The summed E-state index contributed by atoms with van der Waals surface area (Å²) >= 11 is 0. The fourth-order valence-corrected chi connectivity index (χ4v) is 3.72. The number of aromatic amines is 1. The Kier molecular flexibility index (Phi) is 4.22. The van der Waals surface area contributed by atoms with Gasteiger partial charge in [0.25, 0.3) is 11.5 Å². The van der Waals surface area contributed by atoms with Crippen molar-refractivity contribution >= 4 is 22.6 Å². The standard InChI is InChI=1S/C20H23N5O2/c1-13-5-4-6-15(11-13)24-7-9-25(10-8-24)20(27)16-12-14(2)21-18-17(16)19(26)22-23(18)3/h4-6,11-12H,7-10H2,1-3H3,(H,22,26). The number of anilines is 1. The molecule has 4 rings (SSSR count). The largest absolute Gasteiger partial charge is 0.368 e. The molecule has 0 unspecified atom stereocenters. The summed E-state index contributed by atoms with van der Waals surface area (Å²) in [5, 5.41) is 3.06. The number of hydrogen-bond donors (Lipinski definition) is 1. The molecule has 1 fully saturated rings. The van der Waals surface area contributed by atoms with E-state index < -0.39 is 0 Å². The molecule has 7 heteroatoms. The third-order valence-corrected chi connectivity index (χ3v) is 5.11. The van der Waals surface area contributed by atoms with Gasteiger partial charge in [-0.05, 0) is 37.6 Å². The Balaban J connectivity index is 1.58. The molecule has 0 spiro atoms. The van der Waals surface area contributed by atoms with Crippen LogP contribution in [0.25, 0.3) is 11.0 Å². The Bertz CT molecular complexity index is 1070. The maximum absolute atomic E-state index is 13.1. The van der Waals surface area contributed by atoms with E-state index in [1.807, 2.05) is 11.8 Å². The first kappa shape index (κ1) is 17.3. The number of nitrogens with one attached hydrogen (secondary N) is 1. The second-order valence-corrected chi connectivity index (χ2v) is 7.13. The number of amides is 1. The van der Waals surface area contributed by atoms with Crippen molar-refractivity contribution in [3.8, 4) is 0 Å². The third kappa shape index (κ3) is 3.09. The van der Waals surface area contributed by atoms with Gasteiger partial charge in [0.05, 0.1) is 10.9 Å². The summed E-state index contributed by atoms with van der Waals surface area (Å²) in [6.07, 6.45) is 0. The van der Waals surface area contributed by atoms with E-state index in [1.165, 1.54) is 11.3 Å². The molecule has 1 aliphatic rings. The lowest BCUT2D eigenvalue weighted by Gasteiger charge is -2.36. The number of rotatable bonds is 2. The summed E-state index contributed by atoms with van der Waals surface area (Å²) in [5.41, 5.74) is 3.80. The zero-order valence-corrected chi connectivity index (χ0v) is 15.8. The fourth-order valence-electron chi connectivity index (χ4n) is 3.72. The molecule has 0 atom stereocenters. The van der Waals surface area contributed by atoms with Crippen molar-refractivity contribution < 1.29 is 4.79 Å². The molecule has 3 aromatic rings. The van der Waals surface area contributed by atoms with Gasteiger partial charge in [-0.1, -0.05) is 12.1 Å². The van der Waals surface area contributed by atoms with Crippen molar-refractivity contribution in [2.24, 2.45) is 7.05 Å². The predicted molar refractivity (Wildman–Crippen MR) is 105 cm³/mol. The van der Waals surface area contributed by atoms with Gasteiger partial charge in [0, 0.05) is 44.6 Å². The summed E-state index contributed by atoms with van der Waals surface area (Å²) < 4.78 is 1.57. The molecule has 1 aromatic carbocycles. The van der Waals surface area contributed by atoms with Crippen molar-refractivity contribution in [3.63, 3.8) is 0 Å². The number of fused-ring (bicyclic) bond motifs is 1. The van der Waals surface area contributed by atoms with Gasteiger partial charge in [-0.15, -0.1) is 0 Å². The number of benzene rings is 1. The SMILES string of the molecule is Cc1cccc(N2CCN(C(=O)c3cc(C)nc4c3c(=O)[nH]n4C)CC2)c1. The van der Waals surface area contributed by atoms with Crippen LogP contribution in [0.5, 0.6) is 0 Å². The van der Waals surface area contributed by atoms with E-state index in [9.17, 15) is 9.59 Å². The summed E-state index contributed by atoms with van der Waals surface area (Å²) in [4.78, 5) is 33.9. The normalized spacial score (nSPS) is 14.8. The van der Waals surface area contributed by atoms with Gasteiger partial charge >= 0.3 is 0 Å². The lowest BCUT2D eigenvalue weighted by atomic mass is 10.1. The molecule has 0 aliphatic carbocycles. The average molecular weight is 365 g/mol. The van der Waals surface area contributed by atoms with Crippen LogP contribution in [0.4, 0.5) is 5.69 Å². The quantitative estimate of drug-likeness (QED) is 0.752. The Morgan fingerprint density at radius 3 is 2.56 bits per heavy atom. The third-order valence-electron chi connectivity index (χ3n) is 5.11. The van der Waals surface area contributed by atoms with Gasteiger partial charge in [-0.25, -0.2) is 4.98 Å². The first-order chi connectivity index (χ1) is 12.9. The van der Waals surface area contributed by atoms with E-state index >= 15 is 0 Å². The zero-order chi connectivity index (χ0) is 19.1. The Morgan fingerprint density at radius 1 is 1.11 bits per heavy atom. The van der Waals surface area contributed by atoms with E-state index in [0.717, 1.165) is 18.8 Å². The molecule has 27 heavy (non-hydrogen) atoms. The summed E-state index contributed by atoms with van der Waals surface area (Å²) in [6, 6.07) is 10.1. The van der Waals surface area contributed by atoms with E-state index in [2.05, 4.69) is 46.2 Å². The second kappa shape index (κ2) is 6.57. The van der Waals surface area contributed by atoms with Gasteiger partial charge in [-0.3, -0.25) is 19.4 Å². The van der Waals surface area contributed by atoms with Gasteiger partial charge in [0.2, 0.25) is 0 Å². The van der Waals surface area contributed by atoms with Crippen LogP contribution in [-0.4, -0.2) is 51.8 Å². The van der Waals surface area contributed by atoms with Crippen LogP contribution in [0.3, 0.4) is 0 Å². The number of carbonyl (C=O) groups excluding carboxylic acids is 1. The van der Waals surface area contributed by atoms with Crippen LogP contribution in [0, 0.1) is 13.8 Å². The lowest BCUT2D eigenvalue weighted by molar-refractivity contribution is 0.0748. The highest BCUT2D eigenvalue weighted by molar-refractivity contribution is 6.05. The average Bonchev–Trinajstić information content (AvgIpc) is 2.94. The highest BCUT2D eigenvalue weighted by Gasteiger charge is 2.26. The molecule has 1 amide bonds. The monoisotopic (exact) mass is 365 g/mol. The van der Waals surface area contributed by atoms with Crippen molar-refractivity contribution in [1.82, 2.24) is 19.7 Å². The van der Waals surface area contributed by atoms with Gasteiger partial charge in [0.15, 0.2) is 5.65 Å². The summed E-state index contributed by atoms with van der Waals surface area (Å²) in [5.74, 6) is -0.105. The van der Waals surface area contributed by atoms with Crippen LogP contribution in [0.1, 0.15) is 21.6 Å². The number of H-pyrrole nitrogens is 1. The minimum absolute atomic E-state index is 0.105. The van der Waals surface area contributed by atoms with E-state index in [0.29, 0.717) is 29.7 Å². The van der Waals surface area contributed by atoms with Crippen LogP contribution >= 0.6 is 0 Å². The topological polar surface area (TPSA) is 74.2 Å². The number of nitrogens with zero attached hydrogens (tertiary/aromatic N) is 4. The number of piperazine rings is 1. The van der Waals surface area contributed by atoms with Gasteiger partial charge < -0.3 is 9.80 Å². The minimum atomic E-state index is -0.276. The highest BCUT2D eigenvalue weighted by atomic mass is 16.2. The zero-order valence-electron chi connectivity index (χ0n) is 15.8. The minimum Gasteiger partial charge on any atom is -0.368 e. The fraction of sp³-hybridized carbons (Fsp3) is 0.350. The number of aryl methyl sites for hydroxylation is 3. The molecule has 3 heterocycles. The van der Waals surface area contributed by atoms with Gasteiger partial charge in [0.1, 0.15) is 0 Å². The van der Waals surface area contributed by atoms with E-state index in [4.69, 9.17) is 0 Å². The molecule has 0 radical (unpaired) electrons. The molecular weight excluding hydrogens is 342 g/mol. The maximum atomic E-state index is 13.1. The van der Waals surface area contributed by atoms with Crippen molar-refractivity contribution in [2.75, 3.05) is 31.1 Å². The number of carbonyl (C=O) groups is 1. The number of pyridine rings is 1. The first-order valence-corrected chi connectivity index (χ1v) is 9.11. The Hall–Kier alpha value is -3.09. The molecule has 7 nitrogen and oxygen atoms in total. The highest BCUT2D eigenvalue weighted by Crippen LogP contribution is 2.21. The molecule has 1 aliphatic heterocycles. The second-order valence-electron chi connectivity index (χ2n) is 7.13. The smallest absolute Gasteiger partial charge is 0.274 e. The number of aromatic nitrogens is 3. The van der Waals surface area contributed by atoms with Crippen LogP contribution in [0.15, 0.2) is 35.1 Å². The first-order valence-electron chi connectivity index (χ1n) is 9.11. The number of hydrogen-bond acceptors (Lipinski definition) is 4. The molecule has 140 valence electrons. The van der Waals surface area contributed by atoms with Crippen LogP contribution in [-0.2, 0) is 7.05 Å². The Morgan fingerprint density at radius 2 is 1.85 bits per heavy atom. The predicted octanol–water partition coefficient (Wildman–Crippen LogP) is 1.84. The molecule has 1 saturated heterocycles. The van der Waals surface area contributed by atoms with Crippen molar-refractivity contribution in [3.05, 3.63) is 57.5 Å². The van der Waals surface area contributed by atoms with Crippen molar-refractivity contribution in [2.45, 2.75) is 13.8 Å². The van der Waals surface area contributed by atoms with E-state index in [-0.39, 0.29) is 11.5 Å².